The summed E-state index contributed by atoms with van der Waals surface area (Å²) in [4.78, 5) is 11.4. The first-order valence-corrected chi connectivity index (χ1v) is 9.04. The number of ether oxygens (including phenoxy) is 2. The van der Waals surface area contributed by atoms with Crippen molar-refractivity contribution in [2.45, 2.75) is 70.0 Å². The van der Waals surface area contributed by atoms with Gasteiger partial charge < -0.3 is 9.47 Å². The number of carbonyl (C=O) groups excluding carboxylic acids is 1. The second-order valence-corrected chi connectivity index (χ2v) is 7.82. The van der Waals surface area contributed by atoms with E-state index in [1.165, 1.54) is 25.7 Å². The van der Waals surface area contributed by atoms with Gasteiger partial charge in [0.1, 0.15) is 5.78 Å². The molecule has 1 spiro atoms. The zero-order valence-electron chi connectivity index (χ0n) is 13.0. The Balaban J connectivity index is 1.35. The number of rotatable bonds is 1. The Morgan fingerprint density at radius 1 is 0.810 bits per heavy atom. The minimum Gasteiger partial charge on any atom is -0.348 e. The highest BCUT2D eigenvalue weighted by Gasteiger charge is 2.47. The van der Waals surface area contributed by atoms with E-state index in [0.717, 1.165) is 75.4 Å². The van der Waals surface area contributed by atoms with Crippen molar-refractivity contribution < 1.29 is 14.3 Å². The average molecular weight is 292 g/mol. The van der Waals surface area contributed by atoms with E-state index in [4.69, 9.17) is 9.47 Å². The molecule has 4 rings (SSSR count). The molecule has 3 saturated carbocycles. The first-order chi connectivity index (χ1) is 10.2. The average Bonchev–Trinajstić information content (AvgIpc) is 2.96. The molecule has 0 aromatic carbocycles. The van der Waals surface area contributed by atoms with Gasteiger partial charge >= 0.3 is 0 Å². The van der Waals surface area contributed by atoms with E-state index in [9.17, 15) is 4.79 Å². The maximum Gasteiger partial charge on any atom is 0.168 e. The fourth-order valence-electron chi connectivity index (χ4n) is 5.51. The van der Waals surface area contributed by atoms with Crippen molar-refractivity contribution in [3.63, 3.8) is 0 Å². The predicted molar refractivity (Wildman–Crippen MR) is 79.8 cm³/mol. The zero-order chi connectivity index (χ0) is 14.3. The Bertz CT molecular complexity index is 389. The molecule has 3 unspecified atom stereocenters. The van der Waals surface area contributed by atoms with Crippen molar-refractivity contribution in [2.24, 2.45) is 23.7 Å². The van der Waals surface area contributed by atoms with Gasteiger partial charge in [-0.15, -0.1) is 0 Å². The van der Waals surface area contributed by atoms with E-state index in [2.05, 4.69) is 0 Å². The molecule has 1 aliphatic heterocycles. The summed E-state index contributed by atoms with van der Waals surface area (Å²) in [5, 5.41) is 0. The zero-order valence-corrected chi connectivity index (χ0v) is 13.0. The van der Waals surface area contributed by atoms with Gasteiger partial charge in [0, 0.05) is 25.7 Å². The summed E-state index contributed by atoms with van der Waals surface area (Å²) in [5.41, 5.74) is 0. The number of hydrogen-bond donors (Lipinski definition) is 0. The normalized spacial score (nSPS) is 40.4. The molecular weight excluding hydrogens is 264 g/mol. The third-order valence-electron chi connectivity index (χ3n) is 6.72. The van der Waals surface area contributed by atoms with Crippen LogP contribution in [-0.2, 0) is 14.3 Å². The van der Waals surface area contributed by atoms with Gasteiger partial charge in [-0.05, 0) is 62.2 Å². The summed E-state index contributed by atoms with van der Waals surface area (Å²) in [7, 11) is 0. The van der Waals surface area contributed by atoms with E-state index >= 15 is 0 Å². The Morgan fingerprint density at radius 3 is 2.24 bits per heavy atom. The number of fused-ring (bicyclic) bond motifs is 1. The highest BCUT2D eigenvalue weighted by molar-refractivity contribution is 5.79. The Labute approximate surface area is 127 Å². The van der Waals surface area contributed by atoms with Gasteiger partial charge in [-0.25, -0.2) is 0 Å². The van der Waals surface area contributed by atoms with Crippen LogP contribution in [0.25, 0.3) is 0 Å². The Hall–Kier alpha value is -0.410. The van der Waals surface area contributed by atoms with E-state index in [1.807, 2.05) is 0 Å². The van der Waals surface area contributed by atoms with Gasteiger partial charge in [-0.2, -0.15) is 0 Å². The van der Waals surface area contributed by atoms with Crippen LogP contribution in [0.4, 0.5) is 0 Å². The first kappa shape index (κ1) is 14.2. The summed E-state index contributed by atoms with van der Waals surface area (Å²) in [6.45, 7) is 1.58. The smallest absolute Gasteiger partial charge is 0.168 e. The molecule has 21 heavy (non-hydrogen) atoms. The van der Waals surface area contributed by atoms with Crippen LogP contribution in [0, 0.1) is 23.7 Å². The van der Waals surface area contributed by atoms with Gasteiger partial charge in [0.15, 0.2) is 5.79 Å². The second-order valence-electron chi connectivity index (χ2n) is 7.82. The molecule has 0 bridgehead atoms. The lowest BCUT2D eigenvalue weighted by Gasteiger charge is -2.47. The highest BCUT2D eigenvalue weighted by Crippen LogP contribution is 2.51. The minimum atomic E-state index is -0.203. The molecule has 0 N–H and O–H groups in total. The van der Waals surface area contributed by atoms with E-state index in [0.29, 0.717) is 5.78 Å². The van der Waals surface area contributed by atoms with Crippen LogP contribution in [-0.4, -0.2) is 24.8 Å². The van der Waals surface area contributed by atoms with Crippen LogP contribution >= 0.6 is 0 Å². The van der Waals surface area contributed by atoms with Gasteiger partial charge in [0.25, 0.3) is 0 Å². The molecule has 4 fully saturated rings. The summed E-state index contributed by atoms with van der Waals surface area (Å²) < 4.78 is 11.9. The van der Waals surface area contributed by atoms with E-state index in [-0.39, 0.29) is 5.79 Å². The molecule has 3 atom stereocenters. The van der Waals surface area contributed by atoms with Crippen LogP contribution in [0.1, 0.15) is 64.2 Å². The van der Waals surface area contributed by atoms with Crippen molar-refractivity contribution in [3.8, 4) is 0 Å². The molecule has 0 aromatic heterocycles. The minimum absolute atomic E-state index is 0.203. The summed E-state index contributed by atoms with van der Waals surface area (Å²) in [5.74, 6) is 3.72. The number of carbonyl (C=O) groups is 1. The van der Waals surface area contributed by atoms with Crippen molar-refractivity contribution >= 4 is 5.78 Å². The van der Waals surface area contributed by atoms with Crippen LogP contribution < -0.4 is 0 Å². The van der Waals surface area contributed by atoms with Gasteiger partial charge in [-0.1, -0.05) is 0 Å². The Kier molecular flexibility index (Phi) is 3.83. The molecule has 0 radical (unpaired) electrons. The largest absolute Gasteiger partial charge is 0.348 e. The summed E-state index contributed by atoms with van der Waals surface area (Å²) in [6.07, 6.45) is 11.7. The third-order valence-corrected chi connectivity index (χ3v) is 6.72. The lowest BCUT2D eigenvalue weighted by atomic mass is 9.62. The number of ketones is 1. The van der Waals surface area contributed by atoms with Crippen molar-refractivity contribution in [1.82, 2.24) is 0 Å². The molecular formula is C18H28O3. The standard InChI is InChI=1S/C18H28O3/c19-17-5-3-13(4-6-17)14-1-2-16-12-18(20-9-10-21-18)8-7-15(16)11-14/h13-16H,1-12H2. The van der Waals surface area contributed by atoms with Crippen LogP contribution in [0.15, 0.2) is 0 Å². The fourth-order valence-corrected chi connectivity index (χ4v) is 5.51. The van der Waals surface area contributed by atoms with Crippen LogP contribution in [0.2, 0.25) is 0 Å². The molecule has 4 aliphatic rings. The molecule has 3 nitrogen and oxygen atoms in total. The summed E-state index contributed by atoms with van der Waals surface area (Å²) >= 11 is 0. The monoisotopic (exact) mass is 292 g/mol. The molecule has 1 heterocycles. The van der Waals surface area contributed by atoms with Crippen molar-refractivity contribution in [2.75, 3.05) is 13.2 Å². The maximum atomic E-state index is 11.4. The molecule has 0 amide bonds. The third kappa shape index (κ3) is 2.79. The van der Waals surface area contributed by atoms with E-state index in [1.54, 1.807) is 0 Å². The molecule has 3 aliphatic carbocycles. The van der Waals surface area contributed by atoms with Crippen LogP contribution in [0.3, 0.4) is 0 Å². The molecule has 118 valence electrons. The number of Topliss-reactive ketones (excluding diaryl/α,β-unsaturated/α-hetero) is 1. The first-order valence-electron chi connectivity index (χ1n) is 9.04. The molecule has 1 saturated heterocycles. The van der Waals surface area contributed by atoms with E-state index < -0.39 is 0 Å². The van der Waals surface area contributed by atoms with Gasteiger partial charge in [-0.3, -0.25) is 4.79 Å². The predicted octanol–water partition coefficient (Wildman–Crippen LogP) is 3.71. The quantitative estimate of drug-likeness (QED) is 0.739. The molecule has 3 heteroatoms. The Morgan fingerprint density at radius 2 is 1.48 bits per heavy atom. The lowest BCUT2D eigenvalue weighted by Crippen LogP contribution is -2.43. The maximum absolute atomic E-state index is 11.4. The SMILES string of the molecule is O=C1CCC(C2CCC3CC4(CCC3C2)OCCO4)CC1. The number of hydrogen-bond acceptors (Lipinski definition) is 3. The fraction of sp³-hybridized carbons (Fsp3) is 0.944. The molecule has 0 aromatic rings. The van der Waals surface area contributed by atoms with Crippen molar-refractivity contribution in [1.29, 1.82) is 0 Å². The van der Waals surface area contributed by atoms with Crippen LogP contribution in [0.5, 0.6) is 0 Å². The second kappa shape index (κ2) is 5.66. The van der Waals surface area contributed by atoms with Gasteiger partial charge in [0.05, 0.1) is 13.2 Å². The topological polar surface area (TPSA) is 35.5 Å². The van der Waals surface area contributed by atoms with Crippen molar-refractivity contribution in [3.05, 3.63) is 0 Å². The summed E-state index contributed by atoms with van der Waals surface area (Å²) in [6, 6.07) is 0. The van der Waals surface area contributed by atoms with Gasteiger partial charge in [0.2, 0.25) is 0 Å². The lowest BCUT2D eigenvalue weighted by molar-refractivity contribution is -0.200. The highest BCUT2D eigenvalue weighted by atomic mass is 16.7.